The summed E-state index contributed by atoms with van der Waals surface area (Å²) in [7, 11) is 0. The number of anilines is 2. The Balaban J connectivity index is 1.42. The first kappa shape index (κ1) is 21.7. The van der Waals surface area contributed by atoms with Gasteiger partial charge in [-0.3, -0.25) is 9.89 Å². The van der Waals surface area contributed by atoms with Crippen LogP contribution in [0.2, 0.25) is 5.02 Å². The summed E-state index contributed by atoms with van der Waals surface area (Å²) in [6.07, 6.45) is 0. The summed E-state index contributed by atoms with van der Waals surface area (Å²) in [5, 5.41) is 8.80. The number of rotatable bonds is 4. The number of amides is 1. The standard InChI is InChI=1S/C24H17Cl2N5OS2/c25-15-7-5-6-14(12-15)22-21(26)23(32)31(22)30-20(27-28-24(30)33)13-29-16-8-1-3-10-18(16)34-19-11-4-2-9-17(19)29/h1-12,21-22H,13H2,(H,28,33). The molecule has 1 fully saturated rings. The van der Waals surface area contributed by atoms with E-state index in [1.807, 2.05) is 42.5 Å². The van der Waals surface area contributed by atoms with E-state index in [2.05, 4.69) is 39.4 Å². The van der Waals surface area contributed by atoms with Crippen LogP contribution in [0, 0.1) is 4.77 Å². The number of carbonyl (C=O) groups excluding carboxylic acids is 1. The van der Waals surface area contributed by atoms with E-state index in [0.717, 1.165) is 26.7 Å². The monoisotopic (exact) mass is 525 g/mol. The van der Waals surface area contributed by atoms with E-state index in [4.69, 9.17) is 35.4 Å². The van der Waals surface area contributed by atoms with Crippen LogP contribution in [-0.2, 0) is 11.3 Å². The van der Waals surface area contributed by atoms with Crippen LogP contribution in [-0.4, -0.2) is 26.2 Å². The molecule has 0 aliphatic carbocycles. The second kappa shape index (κ2) is 8.46. The Hall–Kier alpha value is -2.78. The number of hydrogen-bond acceptors (Lipinski definition) is 5. The minimum atomic E-state index is -0.712. The molecule has 3 aromatic carbocycles. The number of aromatic nitrogens is 3. The third-order valence-electron chi connectivity index (χ3n) is 5.96. The van der Waals surface area contributed by atoms with Gasteiger partial charge in [0.2, 0.25) is 4.77 Å². The zero-order valence-electron chi connectivity index (χ0n) is 17.6. The van der Waals surface area contributed by atoms with Crippen molar-refractivity contribution in [3.05, 3.63) is 94.0 Å². The molecule has 34 heavy (non-hydrogen) atoms. The molecule has 10 heteroatoms. The van der Waals surface area contributed by atoms with Gasteiger partial charge in [-0.15, -0.1) is 11.6 Å². The van der Waals surface area contributed by atoms with E-state index < -0.39 is 11.4 Å². The molecule has 0 bridgehead atoms. The fraction of sp³-hybridized carbons (Fsp3) is 0.125. The quantitative estimate of drug-likeness (QED) is 0.194. The number of hydrogen-bond donors (Lipinski definition) is 1. The summed E-state index contributed by atoms with van der Waals surface area (Å²) in [6, 6.07) is 23.4. The molecule has 3 heterocycles. The number of aromatic amines is 1. The van der Waals surface area contributed by atoms with Crippen molar-refractivity contribution in [1.82, 2.24) is 14.9 Å². The topological polar surface area (TPSA) is 57.2 Å². The fourth-order valence-electron chi connectivity index (χ4n) is 4.41. The van der Waals surface area contributed by atoms with Crippen LogP contribution in [0.5, 0.6) is 0 Å². The van der Waals surface area contributed by atoms with Gasteiger partial charge >= 0.3 is 0 Å². The number of β-lactam (4-membered cyclic amide) rings is 1. The summed E-state index contributed by atoms with van der Waals surface area (Å²) in [5.74, 6) is 0.367. The predicted molar refractivity (Wildman–Crippen MR) is 137 cm³/mol. The Bertz CT molecular complexity index is 1440. The zero-order valence-corrected chi connectivity index (χ0v) is 20.7. The van der Waals surface area contributed by atoms with Crippen LogP contribution in [0.1, 0.15) is 17.4 Å². The van der Waals surface area contributed by atoms with Crippen LogP contribution < -0.4 is 9.91 Å². The van der Waals surface area contributed by atoms with Crippen molar-refractivity contribution in [2.45, 2.75) is 27.8 Å². The summed E-state index contributed by atoms with van der Waals surface area (Å²) in [4.78, 5) is 17.5. The average molecular weight is 526 g/mol. The number of carbonyl (C=O) groups is 1. The molecule has 6 rings (SSSR count). The number of alkyl halides is 1. The summed E-state index contributed by atoms with van der Waals surface area (Å²) in [6.45, 7) is 0.403. The van der Waals surface area contributed by atoms with E-state index in [0.29, 0.717) is 22.2 Å². The number of nitrogens with zero attached hydrogens (tertiary/aromatic N) is 4. The van der Waals surface area contributed by atoms with Gasteiger partial charge in [-0.1, -0.05) is 59.8 Å². The molecule has 2 atom stereocenters. The van der Waals surface area contributed by atoms with Gasteiger partial charge in [0.05, 0.1) is 17.9 Å². The molecule has 0 saturated carbocycles. The molecule has 1 N–H and O–H groups in total. The van der Waals surface area contributed by atoms with Gasteiger partial charge in [0.1, 0.15) is 11.4 Å². The maximum Gasteiger partial charge on any atom is 0.262 e. The van der Waals surface area contributed by atoms with E-state index in [9.17, 15) is 4.79 Å². The lowest BCUT2D eigenvalue weighted by Gasteiger charge is -2.44. The third kappa shape index (κ3) is 3.44. The Kier molecular flexibility index (Phi) is 5.41. The van der Waals surface area contributed by atoms with Crippen molar-refractivity contribution in [3.8, 4) is 0 Å². The molecule has 0 radical (unpaired) electrons. The molecular formula is C24H17Cl2N5OS2. The van der Waals surface area contributed by atoms with Gasteiger partial charge in [-0.05, 0) is 54.2 Å². The van der Waals surface area contributed by atoms with E-state index >= 15 is 0 Å². The lowest BCUT2D eigenvalue weighted by molar-refractivity contribution is -0.126. The third-order valence-corrected chi connectivity index (χ3v) is 8.01. The van der Waals surface area contributed by atoms with E-state index in [-0.39, 0.29) is 5.91 Å². The highest BCUT2D eigenvalue weighted by Gasteiger charge is 2.49. The summed E-state index contributed by atoms with van der Waals surface area (Å²) >= 11 is 20.0. The summed E-state index contributed by atoms with van der Waals surface area (Å²) < 4.78 is 1.99. The molecule has 2 aliphatic rings. The van der Waals surface area contributed by atoms with Gasteiger partial charge < -0.3 is 4.90 Å². The SMILES string of the molecule is O=C1C(Cl)C(c2cccc(Cl)c2)N1n1c(CN2c3ccccc3Sc3ccccc32)n[nH]c1=S. The molecule has 2 unspecified atom stereocenters. The maximum atomic E-state index is 13.0. The molecule has 6 nitrogen and oxygen atoms in total. The Morgan fingerprint density at radius 1 is 1.00 bits per heavy atom. The van der Waals surface area contributed by atoms with Crippen molar-refractivity contribution in [2.75, 3.05) is 9.91 Å². The van der Waals surface area contributed by atoms with Crippen molar-refractivity contribution in [2.24, 2.45) is 0 Å². The molecule has 1 saturated heterocycles. The van der Waals surface area contributed by atoms with E-state index in [1.165, 1.54) is 0 Å². The molecular weight excluding hydrogens is 509 g/mol. The number of para-hydroxylation sites is 2. The highest BCUT2D eigenvalue weighted by Crippen LogP contribution is 2.48. The Morgan fingerprint density at radius 3 is 2.35 bits per heavy atom. The van der Waals surface area contributed by atoms with Crippen molar-refractivity contribution >= 4 is 64.5 Å². The minimum Gasteiger partial charge on any atom is -0.332 e. The first-order valence-corrected chi connectivity index (χ1v) is 12.6. The first-order chi connectivity index (χ1) is 16.5. The van der Waals surface area contributed by atoms with Gasteiger partial charge in [0.25, 0.3) is 5.91 Å². The lowest BCUT2D eigenvalue weighted by Crippen LogP contribution is -2.62. The number of H-pyrrole nitrogens is 1. The number of benzene rings is 3. The Morgan fingerprint density at radius 2 is 1.68 bits per heavy atom. The van der Waals surface area contributed by atoms with Crippen molar-refractivity contribution in [1.29, 1.82) is 0 Å². The van der Waals surface area contributed by atoms with Crippen molar-refractivity contribution < 1.29 is 4.79 Å². The summed E-state index contributed by atoms with van der Waals surface area (Å²) in [5.41, 5.74) is 2.98. The van der Waals surface area contributed by atoms with Crippen LogP contribution in [0.25, 0.3) is 0 Å². The van der Waals surface area contributed by atoms with Crippen LogP contribution in [0.3, 0.4) is 0 Å². The largest absolute Gasteiger partial charge is 0.332 e. The number of nitrogens with one attached hydrogen (secondary N) is 1. The second-order valence-corrected chi connectivity index (χ2v) is 10.3. The smallest absolute Gasteiger partial charge is 0.262 e. The van der Waals surface area contributed by atoms with Gasteiger partial charge in [-0.2, -0.15) is 5.10 Å². The molecule has 2 aliphatic heterocycles. The minimum absolute atomic E-state index is 0.236. The molecule has 1 aromatic heterocycles. The molecule has 4 aromatic rings. The first-order valence-electron chi connectivity index (χ1n) is 10.6. The Labute approximate surface area is 215 Å². The van der Waals surface area contributed by atoms with E-state index in [1.54, 1.807) is 27.5 Å². The van der Waals surface area contributed by atoms with Crippen LogP contribution >= 0.6 is 47.2 Å². The van der Waals surface area contributed by atoms with Crippen LogP contribution in [0.15, 0.2) is 82.6 Å². The normalized spacial score (nSPS) is 18.9. The predicted octanol–water partition coefficient (Wildman–Crippen LogP) is 6.22. The molecule has 170 valence electrons. The van der Waals surface area contributed by atoms with Gasteiger partial charge in [0, 0.05) is 14.8 Å². The van der Waals surface area contributed by atoms with Crippen LogP contribution in [0.4, 0.5) is 11.4 Å². The number of fused-ring (bicyclic) bond motifs is 2. The molecule has 1 amide bonds. The zero-order chi connectivity index (χ0) is 23.4. The van der Waals surface area contributed by atoms with Gasteiger partial charge in [0.15, 0.2) is 5.82 Å². The van der Waals surface area contributed by atoms with Crippen molar-refractivity contribution in [3.63, 3.8) is 0 Å². The maximum absolute atomic E-state index is 13.0. The fourth-order valence-corrected chi connectivity index (χ4v) is 6.29. The van der Waals surface area contributed by atoms with Gasteiger partial charge in [-0.25, -0.2) is 9.69 Å². The molecule has 0 spiro atoms. The number of halogens is 2. The second-order valence-electron chi connectivity index (χ2n) is 7.96. The highest BCUT2D eigenvalue weighted by atomic mass is 35.5. The lowest BCUT2D eigenvalue weighted by atomic mass is 9.95. The average Bonchev–Trinajstić information content (AvgIpc) is 3.20. The highest BCUT2D eigenvalue weighted by molar-refractivity contribution is 7.99.